The van der Waals surface area contributed by atoms with Crippen LogP contribution in [-0.4, -0.2) is 31.7 Å². The van der Waals surface area contributed by atoms with Crippen molar-refractivity contribution in [1.82, 2.24) is 4.31 Å². The minimum absolute atomic E-state index is 0.0516. The second-order valence-electron chi connectivity index (χ2n) is 6.17. The summed E-state index contributed by atoms with van der Waals surface area (Å²) in [5, 5.41) is 2.45. The van der Waals surface area contributed by atoms with Crippen molar-refractivity contribution in [2.45, 2.75) is 31.0 Å². The first kappa shape index (κ1) is 20.9. The van der Waals surface area contributed by atoms with E-state index in [0.717, 1.165) is 18.2 Å². The van der Waals surface area contributed by atoms with E-state index in [-0.39, 0.29) is 22.2 Å². The van der Waals surface area contributed by atoms with Crippen LogP contribution in [0.25, 0.3) is 0 Å². The van der Waals surface area contributed by atoms with Gasteiger partial charge in [-0.15, -0.1) is 0 Å². The van der Waals surface area contributed by atoms with Crippen LogP contribution in [0.2, 0.25) is 0 Å². The highest BCUT2D eigenvalue weighted by Gasteiger charge is 2.31. The van der Waals surface area contributed by atoms with Gasteiger partial charge < -0.3 is 5.32 Å². The molecule has 0 spiro atoms. The fraction of sp³-hybridized carbons (Fsp3) is 0.278. The number of carbonyl (C=O) groups excluding carboxylic acids is 1. The number of nitrogens with one attached hydrogen (secondary N) is 1. The smallest absolute Gasteiger partial charge is 0.322 e. The standard InChI is InChI=1S/C18H19F3N2O3S/c1-12(2)23(3)27(25,26)16-9-7-15(8-10-16)22-17(24)13-5-4-6-14(11-13)18(19,20)21/h4-12H,1-3H3,(H,22,24). The summed E-state index contributed by atoms with van der Waals surface area (Å²) in [6.07, 6.45) is -4.55. The van der Waals surface area contributed by atoms with Crippen molar-refractivity contribution in [2.75, 3.05) is 12.4 Å². The van der Waals surface area contributed by atoms with Gasteiger partial charge in [-0.05, 0) is 56.3 Å². The molecule has 0 aliphatic heterocycles. The number of nitrogens with zero attached hydrogens (tertiary/aromatic N) is 1. The summed E-state index contributed by atoms with van der Waals surface area (Å²) < 4.78 is 64.2. The summed E-state index contributed by atoms with van der Waals surface area (Å²) in [7, 11) is -2.20. The lowest BCUT2D eigenvalue weighted by Gasteiger charge is -2.21. The Morgan fingerprint density at radius 1 is 1.07 bits per heavy atom. The van der Waals surface area contributed by atoms with E-state index >= 15 is 0 Å². The number of carbonyl (C=O) groups is 1. The molecule has 9 heteroatoms. The maximum Gasteiger partial charge on any atom is 0.416 e. The summed E-state index contributed by atoms with van der Waals surface area (Å²) in [4.78, 5) is 12.2. The molecule has 1 amide bonds. The van der Waals surface area contributed by atoms with Crippen molar-refractivity contribution >= 4 is 21.6 Å². The van der Waals surface area contributed by atoms with Gasteiger partial charge in [-0.25, -0.2) is 8.42 Å². The molecule has 0 aliphatic carbocycles. The fourth-order valence-corrected chi connectivity index (χ4v) is 3.56. The molecule has 0 unspecified atom stereocenters. The Balaban J connectivity index is 2.19. The van der Waals surface area contributed by atoms with Crippen LogP contribution in [0.4, 0.5) is 18.9 Å². The van der Waals surface area contributed by atoms with Gasteiger partial charge >= 0.3 is 6.18 Å². The highest BCUT2D eigenvalue weighted by Crippen LogP contribution is 2.29. The van der Waals surface area contributed by atoms with Crippen LogP contribution in [0.3, 0.4) is 0 Å². The highest BCUT2D eigenvalue weighted by atomic mass is 32.2. The largest absolute Gasteiger partial charge is 0.416 e. The first-order valence-electron chi connectivity index (χ1n) is 7.99. The quantitative estimate of drug-likeness (QED) is 0.825. The number of sulfonamides is 1. The minimum atomic E-state index is -4.55. The molecule has 0 heterocycles. The molecule has 2 aromatic rings. The molecule has 146 valence electrons. The number of anilines is 1. The van der Waals surface area contributed by atoms with Crippen LogP contribution in [0, 0.1) is 0 Å². The van der Waals surface area contributed by atoms with Crippen LogP contribution in [0.1, 0.15) is 29.8 Å². The molecular formula is C18H19F3N2O3S. The monoisotopic (exact) mass is 400 g/mol. The van der Waals surface area contributed by atoms with Crippen molar-refractivity contribution in [3.05, 3.63) is 59.7 Å². The van der Waals surface area contributed by atoms with Crippen LogP contribution < -0.4 is 5.32 Å². The topological polar surface area (TPSA) is 66.5 Å². The zero-order valence-electron chi connectivity index (χ0n) is 14.9. The third-order valence-electron chi connectivity index (χ3n) is 3.97. The molecule has 2 rings (SSSR count). The average Bonchev–Trinajstić information content (AvgIpc) is 2.60. The molecule has 5 nitrogen and oxygen atoms in total. The van der Waals surface area contributed by atoms with Gasteiger partial charge in [0.05, 0.1) is 10.5 Å². The van der Waals surface area contributed by atoms with E-state index in [1.165, 1.54) is 41.7 Å². The lowest BCUT2D eigenvalue weighted by atomic mass is 10.1. The Bertz CT molecular complexity index is 924. The molecule has 2 aromatic carbocycles. The first-order chi connectivity index (χ1) is 12.4. The number of amides is 1. The van der Waals surface area contributed by atoms with Crippen molar-refractivity contribution < 1.29 is 26.4 Å². The molecule has 0 saturated heterocycles. The van der Waals surface area contributed by atoms with Crippen LogP contribution in [0.15, 0.2) is 53.4 Å². The third-order valence-corrected chi connectivity index (χ3v) is 6.02. The number of rotatable bonds is 5. The van der Waals surface area contributed by atoms with Gasteiger partial charge in [0.1, 0.15) is 0 Å². The van der Waals surface area contributed by atoms with Crippen molar-refractivity contribution in [1.29, 1.82) is 0 Å². The van der Waals surface area contributed by atoms with Crippen molar-refractivity contribution in [2.24, 2.45) is 0 Å². The SMILES string of the molecule is CC(C)N(C)S(=O)(=O)c1ccc(NC(=O)c2cccc(C(F)(F)F)c2)cc1. The Hall–Kier alpha value is -2.39. The summed E-state index contributed by atoms with van der Waals surface area (Å²) in [5.74, 6) is -0.726. The van der Waals surface area contributed by atoms with Crippen LogP contribution in [-0.2, 0) is 16.2 Å². The van der Waals surface area contributed by atoms with Crippen LogP contribution in [0.5, 0.6) is 0 Å². The van der Waals surface area contributed by atoms with Gasteiger partial charge in [-0.1, -0.05) is 6.07 Å². The zero-order chi connectivity index (χ0) is 20.4. The average molecular weight is 400 g/mol. The molecule has 1 N–H and O–H groups in total. The molecule has 0 aromatic heterocycles. The lowest BCUT2D eigenvalue weighted by Crippen LogP contribution is -2.33. The van der Waals surface area contributed by atoms with Gasteiger partial charge in [0.25, 0.3) is 5.91 Å². The summed E-state index contributed by atoms with van der Waals surface area (Å²) in [5.41, 5.74) is -0.807. The highest BCUT2D eigenvalue weighted by molar-refractivity contribution is 7.89. The Morgan fingerprint density at radius 3 is 2.19 bits per heavy atom. The van der Waals surface area contributed by atoms with E-state index in [0.29, 0.717) is 0 Å². The van der Waals surface area contributed by atoms with Crippen molar-refractivity contribution in [3.63, 3.8) is 0 Å². The summed E-state index contributed by atoms with van der Waals surface area (Å²) >= 11 is 0. The Labute approximate surface area is 155 Å². The minimum Gasteiger partial charge on any atom is -0.322 e. The number of hydrogen-bond donors (Lipinski definition) is 1. The predicted molar refractivity (Wildman–Crippen MR) is 95.9 cm³/mol. The number of hydrogen-bond acceptors (Lipinski definition) is 3. The molecule has 0 aliphatic rings. The zero-order valence-corrected chi connectivity index (χ0v) is 15.7. The number of benzene rings is 2. The second kappa shape index (κ2) is 7.69. The van der Waals surface area contributed by atoms with E-state index in [2.05, 4.69) is 5.32 Å². The molecule has 27 heavy (non-hydrogen) atoms. The molecule has 0 fully saturated rings. The molecule has 0 saturated carbocycles. The lowest BCUT2D eigenvalue weighted by molar-refractivity contribution is -0.137. The van der Waals surface area contributed by atoms with E-state index in [1.54, 1.807) is 13.8 Å². The molecular weight excluding hydrogens is 381 g/mol. The van der Waals surface area contributed by atoms with Gasteiger partial charge in [-0.2, -0.15) is 17.5 Å². The number of halogens is 3. The second-order valence-corrected chi connectivity index (χ2v) is 8.17. The van der Waals surface area contributed by atoms with Gasteiger partial charge in [0.2, 0.25) is 10.0 Å². The van der Waals surface area contributed by atoms with E-state index in [4.69, 9.17) is 0 Å². The molecule has 0 atom stereocenters. The molecule has 0 radical (unpaired) electrons. The van der Waals surface area contributed by atoms with Gasteiger partial charge in [0, 0.05) is 24.3 Å². The van der Waals surface area contributed by atoms with Gasteiger partial charge in [-0.3, -0.25) is 4.79 Å². The number of alkyl halides is 3. The van der Waals surface area contributed by atoms with Gasteiger partial charge in [0.15, 0.2) is 0 Å². The van der Waals surface area contributed by atoms with Crippen LogP contribution >= 0.6 is 0 Å². The molecule has 0 bridgehead atoms. The summed E-state index contributed by atoms with van der Waals surface area (Å²) in [6.45, 7) is 3.47. The first-order valence-corrected chi connectivity index (χ1v) is 9.43. The van der Waals surface area contributed by atoms with E-state index < -0.39 is 27.7 Å². The third kappa shape index (κ3) is 4.86. The fourth-order valence-electron chi connectivity index (χ4n) is 2.19. The Kier molecular flexibility index (Phi) is 5.96. The maximum atomic E-state index is 12.7. The summed E-state index contributed by atoms with van der Waals surface area (Å²) in [6, 6.07) is 9.24. The maximum absolute atomic E-state index is 12.7. The predicted octanol–water partition coefficient (Wildman–Crippen LogP) is 3.99. The van der Waals surface area contributed by atoms with Crippen molar-refractivity contribution in [3.8, 4) is 0 Å². The normalized spacial score (nSPS) is 12.4. The van der Waals surface area contributed by atoms with E-state index in [1.807, 2.05) is 0 Å². The van der Waals surface area contributed by atoms with E-state index in [9.17, 15) is 26.4 Å². The Morgan fingerprint density at radius 2 is 1.67 bits per heavy atom.